The van der Waals surface area contributed by atoms with E-state index >= 15 is 0 Å². The molecule has 168 valence electrons. The maximum Gasteiger partial charge on any atom is 0.335 e. The first-order valence-corrected chi connectivity index (χ1v) is 11.4. The molecule has 1 aliphatic heterocycles. The van der Waals surface area contributed by atoms with E-state index < -0.39 is 5.97 Å². The normalized spacial score (nSPS) is 15.8. The second kappa shape index (κ2) is 10.1. The molecule has 6 heteroatoms. The highest BCUT2D eigenvalue weighted by molar-refractivity contribution is 6.32. The van der Waals surface area contributed by atoms with Crippen molar-refractivity contribution < 1.29 is 9.90 Å². The fourth-order valence-corrected chi connectivity index (χ4v) is 4.66. The van der Waals surface area contributed by atoms with E-state index in [2.05, 4.69) is 41.0 Å². The molecule has 0 unspecified atom stereocenters. The van der Waals surface area contributed by atoms with Crippen LogP contribution in [0.3, 0.4) is 0 Å². The summed E-state index contributed by atoms with van der Waals surface area (Å²) >= 11 is 6.38. The number of nitriles is 1. The maximum atomic E-state index is 11.3. The van der Waals surface area contributed by atoms with Crippen molar-refractivity contribution in [3.05, 3.63) is 99.6 Å². The number of nitrogens with zero attached hydrogens (tertiary/aromatic N) is 3. The summed E-state index contributed by atoms with van der Waals surface area (Å²) in [5, 5.41) is 19.0. The number of aromatic carboxylic acids is 1. The molecule has 3 aromatic rings. The van der Waals surface area contributed by atoms with E-state index in [1.54, 1.807) is 24.3 Å². The Balaban J connectivity index is 1.56. The largest absolute Gasteiger partial charge is 0.478 e. The average molecular weight is 460 g/mol. The fraction of sp³-hybridized carbons (Fsp3) is 0.259. The number of aryl methyl sites for hydroxylation is 1. The number of carboxylic acids is 1. The lowest BCUT2D eigenvalue weighted by atomic mass is 10.1. The molecule has 33 heavy (non-hydrogen) atoms. The highest BCUT2D eigenvalue weighted by atomic mass is 35.5. The van der Waals surface area contributed by atoms with Crippen LogP contribution >= 0.6 is 11.6 Å². The molecule has 1 heterocycles. The van der Waals surface area contributed by atoms with Gasteiger partial charge in [-0.2, -0.15) is 5.26 Å². The van der Waals surface area contributed by atoms with Gasteiger partial charge >= 0.3 is 5.97 Å². The Bertz CT molecular complexity index is 1200. The van der Waals surface area contributed by atoms with Crippen LogP contribution in [-0.2, 0) is 13.1 Å². The molecule has 5 nitrogen and oxygen atoms in total. The van der Waals surface area contributed by atoms with Gasteiger partial charge in [0.05, 0.1) is 16.1 Å². The van der Waals surface area contributed by atoms with E-state index in [0.717, 1.165) is 37.3 Å². The van der Waals surface area contributed by atoms with Crippen molar-refractivity contribution in [1.29, 1.82) is 5.26 Å². The molecule has 0 aliphatic carbocycles. The van der Waals surface area contributed by atoms with E-state index in [-0.39, 0.29) is 6.04 Å². The number of hydrogen-bond acceptors (Lipinski definition) is 4. The Kier molecular flexibility index (Phi) is 6.98. The van der Waals surface area contributed by atoms with Gasteiger partial charge in [0, 0.05) is 37.9 Å². The van der Waals surface area contributed by atoms with E-state index in [1.807, 2.05) is 24.3 Å². The molecule has 0 saturated carbocycles. The van der Waals surface area contributed by atoms with E-state index in [9.17, 15) is 15.2 Å². The van der Waals surface area contributed by atoms with E-state index in [0.29, 0.717) is 22.7 Å². The molecule has 0 aromatic heterocycles. The van der Waals surface area contributed by atoms with E-state index in [4.69, 9.17) is 11.6 Å². The van der Waals surface area contributed by atoms with Crippen LogP contribution in [0.2, 0.25) is 5.02 Å². The number of anilines is 1. The minimum Gasteiger partial charge on any atom is -0.478 e. The molecule has 0 spiro atoms. The van der Waals surface area contributed by atoms with Crippen LogP contribution in [0.25, 0.3) is 0 Å². The van der Waals surface area contributed by atoms with Gasteiger partial charge in [-0.05, 0) is 60.4 Å². The molecular formula is C27H26ClN3O2. The Morgan fingerprint density at radius 1 is 1.18 bits per heavy atom. The molecule has 4 rings (SSSR count). The summed E-state index contributed by atoms with van der Waals surface area (Å²) < 4.78 is 0. The second-order valence-corrected chi connectivity index (χ2v) is 8.92. The third kappa shape index (κ3) is 5.36. The quantitative estimate of drug-likeness (QED) is 0.505. The number of benzene rings is 3. The molecule has 0 bridgehead atoms. The highest BCUT2D eigenvalue weighted by Crippen LogP contribution is 2.30. The van der Waals surface area contributed by atoms with Crippen molar-refractivity contribution in [2.45, 2.75) is 32.5 Å². The Hall–Kier alpha value is -3.33. The monoisotopic (exact) mass is 459 g/mol. The fourth-order valence-electron chi connectivity index (χ4n) is 4.45. The summed E-state index contributed by atoms with van der Waals surface area (Å²) in [6.07, 6.45) is 0.988. The van der Waals surface area contributed by atoms with Crippen LogP contribution < -0.4 is 4.90 Å². The van der Waals surface area contributed by atoms with Crippen LogP contribution in [0.4, 0.5) is 5.69 Å². The van der Waals surface area contributed by atoms with Gasteiger partial charge in [0.1, 0.15) is 6.07 Å². The minimum absolute atomic E-state index is 0.274. The first kappa shape index (κ1) is 22.8. The molecule has 3 aromatic carbocycles. The molecule has 1 aliphatic rings. The second-order valence-electron chi connectivity index (χ2n) is 8.51. The topological polar surface area (TPSA) is 67.6 Å². The Labute approximate surface area is 199 Å². The zero-order valence-corrected chi connectivity index (χ0v) is 19.3. The van der Waals surface area contributed by atoms with Gasteiger partial charge in [-0.3, -0.25) is 4.90 Å². The van der Waals surface area contributed by atoms with Crippen LogP contribution in [0.1, 0.15) is 39.0 Å². The summed E-state index contributed by atoms with van der Waals surface area (Å²) in [5.41, 5.74) is 5.29. The standard InChI is InChI=1S/C27H26ClN3O2/c1-19-5-2-3-7-23(19)17-31(24-10-9-22(15-29)26(28)14-24)25-11-12-30(18-25)16-20-6-4-8-21(13-20)27(32)33/h2-10,13-14,25H,11-12,16-18H2,1H3,(H,32,33)/t25-/m0/s1. The number of hydrogen-bond donors (Lipinski definition) is 1. The molecule has 0 radical (unpaired) electrons. The molecule has 1 N–H and O–H groups in total. The number of carboxylic acid groups (broad SMARTS) is 1. The van der Waals surface area contributed by atoms with Gasteiger partial charge in [-0.1, -0.05) is 48.0 Å². The molecule has 1 saturated heterocycles. The van der Waals surface area contributed by atoms with Crippen molar-refractivity contribution in [3.8, 4) is 6.07 Å². The summed E-state index contributed by atoms with van der Waals surface area (Å²) in [6, 6.07) is 23.6. The summed E-state index contributed by atoms with van der Waals surface area (Å²) in [5.74, 6) is -0.904. The minimum atomic E-state index is -0.904. The summed E-state index contributed by atoms with van der Waals surface area (Å²) in [4.78, 5) is 16.1. The van der Waals surface area contributed by atoms with Crippen LogP contribution in [-0.4, -0.2) is 35.1 Å². The van der Waals surface area contributed by atoms with Gasteiger partial charge < -0.3 is 10.0 Å². The zero-order chi connectivity index (χ0) is 23.4. The van der Waals surface area contributed by atoms with Crippen LogP contribution in [0.15, 0.2) is 66.7 Å². The van der Waals surface area contributed by atoms with Gasteiger partial charge in [-0.25, -0.2) is 4.79 Å². The lowest BCUT2D eigenvalue weighted by Gasteiger charge is -2.32. The molecular weight excluding hydrogens is 434 g/mol. The maximum absolute atomic E-state index is 11.3. The predicted molar refractivity (Wildman–Crippen MR) is 131 cm³/mol. The van der Waals surface area contributed by atoms with E-state index in [1.165, 1.54) is 11.1 Å². The SMILES string of the molecule is Cc1ccccc1CN(c1ccc(C#N)c(Cl)c1)[C@H]1CCN(Cc2cccc(C(=O)O)c2)C1. The molecule has 1 atom stereocenters. The number of rotatable bonds is 7. The van der Waals surface area contributed by atoms with Gasteiger partial charge in [0.15, 0.2) is 0 Å². The highest BCUT2D eigenvalue weighted by Gasteiger charge is 2.29. The number of likely N-dealkylation sites (tertiary alicyclic amines) is 1. The third-order valence-corrected chi connectivity index (χ3v) is 6.59. The predicted octanol–water partition coefficient (Wildman–Crippen LogP) is 5.50. The van der Waals surface area contributed by atoms with Crippen molar-refractivity contribution in [2.75, 3.05) is 18.0 Å². The Morgan fingerprint density at radius 3 is 2.73 bits per heavy atom. The number of carbonyl (C=O) groups is 1. The van der Waals surface area contributed by atoms with Crippen molar-refractivity contribution >= 4 is 23.3 Å². The van der Waals surface area contributed by atoms with Crippen LogP contribution in [0.5, 0.6) is 0 Å². The van der Waals surface area contributed by atoms with Crippen molar-refractivity contribution in [3.63, 3.8) is 0 Å². The molecule has 1 fully saturated rings. The average Bonchev–Trinajstić information content (AvgIpc) is 3.26. The van der Waals surface area contributed by atoms with Crippen LogP contribution in [0, 0.1) is 18.3 Å². The third-order valence-electron chi connectivity index (χ3n) is 6.28. The van der Waals surface area contributed by atoms with Crippen molar-refractivity contribution in [2.24, 2.45) is 0 Å². The summed E-state index contributed by atoms with van der Waals surface area (Å²) in [6.45, 7) is 5.37. The first-order chi connectivity index (χ1) is 15.9. The van der Waals surface area contributed by atoms with Crippen molar-refractivity contribution in [1.82, 2.24) is 4.90 Å². The molecule has 0 amide bonds. The zero-order valence-electron chi connectivity index (χ0n) is 18.5. The van der Waals surface area contributed by atoms with Gasteiger partial charge in [0.2, 0.25) is 0 Å². The lowest BCUT2D eigenvalue weighted by molar-refractivity contribution is 0.0696. The van der Waals surface area contributed by atoms with Gasteiger partial charge in [0.25, 0.3) is 0 Å². The Morgan fingerprint density at radius 2 is 2.00 bits per heavy atom. The lowest BCUT2D eigenvalue weighted by Crippen LogP contribution is -2.37. The first-order valence-electron chi connectivity index (χ1n) is 11.0. The van der Waals surface area contributed by atoms with Gasteiger partial charge in [-0.15, -0.1) is 0 Å². The smallest absolute Gasteiger partial charge is 0.335 e. The number of halogens is 1. The summed E-state index contributed by atoms with van der Waals surface area (Å²) in [7, 11) is 0.